The number of halogens is 3. The summed E-state index contributed by atoms with van der Waals surface area (Å²) in [6.07, 6.45) is 0. The first-order valence-corrected chi connectivity index (χ1v) is 7.36. The highest BCUT2D eigenvalue weighted by Gasteiger charge is 2.17. The number of carbonyl (C=O) groups is 2. The quantitative estimate of drug-likeness (QED) is 0.774. The molecule has 4 nitrogen and oxygen atoms in total. The highest BCUT2D eigenvalue weighted by molar-refractivity contribution is 6.30. The fourth-order valence-corrected chi connectivity index (χ4v) is 2.11. The first kappa shape index (κ1) is 17.9. The van der Waals surface area contributed by atoms with Gasteiger partial charge < -0.3 is 9.64 Å². The van der Waals surface area contributed by atoms with E-state index in [0.29, 0.717) is 5.56 Å². The Morgan fingerprint density at radius 2 is 1.83 bits per heavy atom. The number of carbonyl (C=O) groups excluding carboxylic acids is 2. The Hall–Kier alpha value is -2.47. The van der Waals surface area contributed by atoms with Gasteiger partial charge in [0, 0.05) is 24.2 Å². The summed E-state index contributed by atoms with van der Waals surface area (Å²) in [5, 5.41) is 0.173. The van der Waals surface area contributed by atoms with Crippen LogP contribution in [0.15, 0.2) is 42.5 Å². The molecule has 0 unspecified atom stereocenters. The maximum atomic E-state index is 13.6. The van der Waals surface area contributed by atoms with Crippen LogP contribution in [-0.2, 0) is 16.1 Å². The van der Waals surface area contributed by atoms with Crippen LogP contribution in [0.2, 0.25) is 5.02 Å². The zero-order chi connectivity index (χ0) is 17.7. The molecule has 0 N–H and O–H groups in total. The first-order chi connectivity index (χ1) is 11.4. The van der Waals surface area contributed by atoms with Crippen LogP contribution in [0.3, 0.4) is 0 Å². The molecule has 0 bridgehead atoms. The van der Waals surface area contributed by atoms with Crippen molar-refractivity contribution in [3.63, 3.8) is 0 Å². The Morgan fingerprint density at radius 1 is 1.12 bits per heavy atom. The summed E-state index contributed by atoms with van der Waals surface area (Å²) in [4.78, 5) is 25.0. The monoisotopic (exact) mass is 353 g/mol. The lowest BCUT2D eigenvalue weighted by Gasteiger charge is -2.17. The van der Waals surface area contributed by atoms with Crippen molar-refractivity contribution in [2.75, 3.05) is 13.7 Å². The van der Waals surface area contributed by atoms with Crippen LogP contribution in [0.4, 0.5) is 8.78 Å². The van der Waals surface area contributed by atoms with E-state index < -0.39 is 30.1 Å². The molecule has 0 aliphatic rings. The number of amides is 1. The fourth-order valence-electron chi connectivity index (χ4n) is 1.94. The van der Waals surface area contributed by atoms with Gasteiger partial charge in [0.25, 0.3) is 5.91 Å². The third-order valence-corrected chi connectivity index (χ3v) is 3.50. The molecule has 0 atom stereocenters. The minimum atomic E-state index is -0.998. The molecular weight excluding hydrogens is 340 g/mol. The van der Waals surface area contributed by atoms with Crippen molar-refractivity contribution in [2.24, 2.45) is 0 Å². The Kier molecular flexibility index (Phi) is 5.87. The summed E-state index contributed by atoms with van der Waals surface area (Å²) >= 11 is 5.69. The van der Waals surface area contributed by atoms with Gasteiger partial charge in [0.05, 0.1) is 5.56 Å². The van der Waals surface area contributed by atoms with Gasteiger partial charge in [-0.2, -0.15) is 0 Å². The van der Waals surface area contributed by atoms with Gasteiger partial charge in [-0.1, -0.05) is 29.8 Å². The lowest BCUT2D eigenvalue weighted by Crippen LogP contribution is -2.31. The van der Waals surface area contributed by atoms with Crippen LogP contribution in [0.1, 0.15) is 15.9 Å². The van der Waals surface area contributed by atoms with Crippen LogP contribution in [0, 0.1) is 11.6 Å². The molecule has 2 rings (SSSR count). The van der Waals surface area contributed by atoms with Gasteiger partial charge >= 0.3 is 5.97 Å². The van der Waals surface area contributed by atoms with Crippen molar-refractivity contribution in [2.45, 2.75) is 6.54 Å². The topological polar surface area (TPSA) is 46.6 Å². The molecule has 2 aromatic carbocycles. The van der Waals surface area contributed by atoms with Crippen molar-refractivity contribution in [3.8, 4) is 0 Å². The van der Waals surface area contributed by atoms with Crippen LogP contribution >= 0.6 is 11.6 Å². The zero-order valence-electron chi connectivity index (χ0n) is 12.8. The SMILES string of the molecule is CN(Cc1ccccc1F)C(=O)COC(=O)c1cc(Cl)ccc1F. The molecule has 0 saturated heterocycles. The van der Waals surface area contributed by atoms with E-state index in [4.69, 9.17) is 16.3 Å². The fraction of sp³-hybridized carbons (Fsp3) is 0.176. The second-order valence-corrected chi connectivity index (χ2v) is 5.48. The number of ether oxygens (including phenoxy) is 1. The van der Waals surface area contributed by atoms with E-state index >= 15 is 0 Å². The molecule has 0 saturated carbocycles. The van der Waals surface area contributed by atoms with E-state index in [1.807, 2.05) is 0 Å². The number of esters is 1. The Bertz CT molecular complexity index is 767. The average Bonchev–Trinajstić information content (AvgIpc) is 2.56. The number of benzene rings is 2. The van der Waals surface area contributed by atoms with E-state index in [2.05, 4.69) is 0 Å². The van der Waals surface area contributed by atoms with Crippen molar-refractivity contribution in [1.82, 2.24) is 4.90 Å². The molecule has 0 radical (unpaired) electrons. The molecule has 2 aromatic rings. The van der Waals surface area contributed by atoms with Crippen LogP contribution in [0.5, 0.6) is 0 Å². The average molecular weight is 354 g/mol. The Labute approximate surface area is 142 Å². The van der Waals surface area contributed by atoms with Gasteiger partial charge in [-0.3, -0.25) is 4.79 Å². The lowest BCUT2D eigenvalue weighted by atomic mass is 10.2. The molecule has 0 fully saturated rings. The van der Waals surface area contributed by atoms with Crippen molar-refractivity contribution >= 4 is 23.5 Å². The largest absolute Gasteiger partial charge is 0.452 e. The maximum Gasteiger partial charge on any atom is 0.341 e. The van der Waals surface area contributed by atoms with Crippen molar-refractivity contribution < 1.29 is 23.1 Å². The third kappa shape index (κ3) is 4.52. The summed E-state index contributed by atoms with van der Waals surface area (Å²) in [7, 11) is 1.45. The van der Waals surface area contributed by atoms with Crippen molar-refractivity contribution in [1.29, 1.82) is 0 Å². The molecular formula is C17H14ClF2NO3. The molecule has 7 heteroatoms. The molecule has 126 valence electrons. The van der Waals surface area contributed by atoms with Gasteiger partial charge in [-0.15, -0.1) is 0 Å². The highest BCUT2D eigenvalue weighted by Crippen LogP contribution is 2.16. The van der Waals surface area contributed by atoms with E-state index in [9.17, 15) is 18.4 Å². The van der Waals surface area contributed by atoms with Gasteiger partial charge in [0.15, 0.2) is 6.61 Å². The van der Waals surface area contributed by atoms with Gasteiger partial charge in [0.1, 0.15) is 11.6 Å². The smallest absolute Gasteiger partial charge is 0.341 e. The summed E-state index contributed by atoms with van der Waals surface area (Å²) in [6, 6.07) is 9.47. The molecule has 1 amide bonds. The van der Waals surface area contributed by atoms with Gasteiger partial charge in [-0.25, -0.2) is 13.6 Å². The second kappa shape index (κ2) is 7.88. The molecule has 0 heterocycles. The van der Waals surface area contributed by atoms with E-state index in [0.717, 1.165) is 12.1 Å². The Balaban J connectivity index is 1.93. The van der Waals surface area contributed by atoms with Crippen LogP contribution < -0.4 is 0 Å². The molecule has 0 aliphatic carbocycles. The standard InChI is InChI=1S/C17H14ClF2NO3/c1-21(9-11-4-2-3-5-14(11)19)16(22)10-24-17(23)13-8-12(18)6-7-15(13)20/h2-8H,9-10H2,1H3. The molecule has 24 heavy (non-hydrogen) atoms. The first-order valence-electron chi connectivity index (χ1n) is 6.98. The maximum absolute atomic E-state index is 13.6. The molecule has 0 aromatic heterocycles. The minimum absolute atomic E-state index is 0.0224. The normalized spacial score (nSPS) is 10.3. The summed E-state index contributed by atoms with van der Waals surface area (Å²) in [5.74, 6) is -2.77. The summed E-state index contributed by atoms with van der Waals surface area (Å²) in [6.45, 7) is -0.565. The number of rotatable bonds is 5. The number of hydrogen-bond acceptors (Lipinski definition) is 3. The number of likely N-dealkylation sites (N-methyl/N-ethyl adjacent to an activating group) is 1. The highest BCUT2D eigenvalue weighted by atomic mass is 35.5. The van der Waals surface area contributed by atoms with E-state index in [-0.39, 0.29) is 17.1 Å². The summed E-state index contributed by atoms with van der Waals surface area (Å²) < 4.78 is 31.9. The van der Waals surface area contributed by atoms with Crippen LogP contribution in [0.25, 0.3) is 0 Å². The zero-order valence-corrected chi connectivity index (χ0v) is 13.5. The minimum Gasteiger partial charge on any atom is -0.452 e. The third-order valence-electron chi connectivity index (χ3n) is 3.27. The van der Waals surface area contributed by atoms with Gasteiger partial charge in [-0.05, 0) is 24.3 Å². The molecule has 0 spiro atoms. The number of nitrogens with zero attached hydrogens (tertiary/aromatic N) is 1. The predicted octanol–water partition coefficient (Wildman–Crippen LogP) is 3.43. The van der Waals surface area contributed by atoms with Crippen molar-refractivity contribution in [3.05, 3.63) is 70.2 Å². The predicted molar refractivity (Wildman–Crippen MR) is 84.6 cm³/mol. The van der Waals surface area contributed by atoms with E-state index in [1.54, 1.807) is 18.2 Å². The van der Waals surface area contributed by atoms with E-state index in [1.165, 1.54) is 24.1 Å². The molecule has 0 aliphatic heterocycles. The second-order valence-electron chi connectivity index (χ2n) is 5.04. The summed E-state index contributed by atoms with van der Waals surface area (Å²) in [5.41, 5.74) is -0.0207. The number of hydrogen-bond donors (Lipinski definition) is 0. The van der Waals surface area contributed by atoms with Crippen LogP contribution in [-0.4, -0.2) is 30.4 Å². The van der Waals surface area contributed by atoms with Gasteiger partial charge in [0.2, 0.25) is 0 Å². The Morgan fingerprint density at radius 3 is 2.54 bits per heavy atom. The lowest BCUT2D eigenvalue weighted by molar-refractivity contribution is -0.133.